The van der Waals surface area contributed by atoms with Gasteiger partial charge in [0.2, 0.25) is 11.8 Å². The fourth-order valence-corrected chi connectivity index (χ4v) is 4.40. The van der Waals surface area contributed by atoms with Crippen molar-refractivity contribution in [2.75, 3.05) is 51.5 Å². The molecule has 2 saturated heterocycles. The van der Waals surface area contributed by atoms with Crippen LogP contribution in [0, 0.1) is 5.41 Å². The van der Waals surface area contributed by atoms with Gasteiger partial charge in [0.15, 0.2) is 0 Å². The Hall–Kier alpha value is -2.61. The van der Waals surface area contributed by atoms with Gasteiger partial charge in [0.05, 0.1) is 13.3 Å². The number of ether oxygens (including phenoxy) is 1. The van der Waals surface area contributed by atoms with Gasteiger partial charge < -0.3 is 24.8 Å². The summed E-state index contributed by atoms with van der Waals surface area (Å²) in [6.45, 7) is 8.01. The molecule has 0 saturated carbocycles. The van der Waals surface area contributed by atoms with Crippen LogP contribution in [0.2, 0.25) is 0 Å². The topological polar surface area (TPSA) is 82.2 Å². The van der Waals surface area contributed by atoms with Gasteiger partial charge in [-0.3, -0.25) is 14.4 Å². The second-order valence-electron chi connectivity index (χ2n) is 9.32. The summed E-state index contributed by atoms with van der Waals surface area (Å²) in [6, 6.07) is 9.82. The summed E-state index contributed by atoms with van der Waals surface area (Å²) in [5.74, 6) is -0.134. The predicted octanol–water partition coefficient (Wildman–Crippen LogP) is 1.46. The quantitative estimate of drug-likeness (QED) is 0.691. The molecule has 1 aromatic rings. The molecule has 1 spiro atoms. The molecule has 0 atom stereocenters. The minimum Gasteiger partial charge on any atom is -0.383 e. The van der Waals surface area contributed by atoms with Gasteiger partial charge in [0, 0.05) is 37.8 Å². The molecule has 3 rings (SSSR count). The summed E-state index contributed by atoms with van der Waals surface area (Å²) in [6.07, 6.45) is 1.09. The number of benzene rings is 1. The standard InChI is InChI=1S/C23H34N4O4/c1-22(2,3)20(29)25-13-10-23(11-14-25)21(30)26(16-19(28)24-12-15-31-4)17-27(23)18-8-6-5-7-9-18/h5-9H,10-17H2,1-4H3,(H,24,28). The lowest BCUT2D eigenvalue weighted by atomic mass is 9.84. The van der Waals surface area contributed by atoms with E-state index in [0.717, 1.165) is 5.69 Å². The van der Waals surface area contributed by atoms with E-state index in [1.807, 2.05) is 56.0 Å². The van der Waals surface area contributed by atoms with Gasteiger partial charge >= 0.3 is 0 Å². The van der Waals surface area contributed by atoms with Gasteiger partial charge in [-0.1, -0.05) is 39.0 Å². The number of carbonyl (C=O) groups excluding carboxylic acids is 3. The number of rotatable bonds is 6. The number of piperidine rings is 1. The third-order valence-corrected chi connectivity index (χ3v) is 6.06. The average molecular weight is 431 g/mol. The van der Waals surface area contributed by atoms with E-state index in [0.29, 0.717) is 45.8 Å². The van der Waals surface area contributed by atoms with Crippen LogP contribution < -0.4 is 10.2 Å². The van der Waals surface area contributed by atoms with Crippen molar-refractivity contribution in [3.05, 3.63) is 30.3 Å². The lowest BCUT2D eigenvalue weighted by molar-refractivity contribution is -0.144. The molecule has 2 aliphatic rings. The van der Waals surface area contributed by atoms with Crippen molar-refractivity contribution in [2.24, 2.45) is 5.41 Å². The molecule has 2 fully saturated rings. The summed E-state index contributed by atoms with van der Waals surface area (Å²) >= 11 is 0. The van der Waals surface area contributed by atoms with Crippen LogP contribution in [0.3, 0.4) is 0 Å². The minimum absolute atomic E-state index is 0.0122. The molecule has 0 bridgehead atoms. The van der Waals surface area contributed by atoms with E-state index in [4.69, 9.17) is 4.74 Å². The highest BCUT2D eigenvalue weighted by molar-refractivity contribution is 5.96. The van der Waals surface area contributed by atoms with Gasteiger partial charge in [-0.2, -0.15) is 0 Å². The van der Waals surface area contributed by atoms with Crippen LogP contribution >= 0.6 is 0 Å². The van der Waals surface area contributed by atoms with Crippen molar-refractivity contribution < 1.29 is 19.1 Å². The van der Waals surface area contributed by atoms with Crippen LogP contribution in [0.4, 0.5) is 5.69 Å². The Kier molecular flexibility index (Phi) is 6.89. The maximum absolute atomic E-state index is 13.6. The zero-order chi connectivity index (χ0) is 22.6. The number of para-hydroxylation sites is 1. The molecule has 2 heterocycles. The zero-order valence-electron chi connectivity index (χ0n) is 19.0. The highest BCUT2D eigenvalue weighted by Gasteiger charge is 2.54. The Bertz CT molecular complexity index is 798. The van der Waals surface area contributed by atoms with Crippen molar-refractivity contribution >= 4 is 23.4 Å². The van der Waals surface area contributed by atoms with Gasteiger partial charge in [0.25, 0.3) is 5.91 Å². The van der Waals surface area contributed by atoms with Gasteiger partial charge in [0.1, 0.15) is 12.1 Å². The molecule has 3 amide bonds. The largest absolute Gasteiger partial charge is 0.383 e. The van der Waals surface area contributed by atoms with Crippen LogP contribution in [0.15, 0.2) is 30.3 Å². The molecular weight excluding hydrogens is 396 g/mol. The fourth-order valence-electron chi connectivity index (χ4n) is 4.40. The van der Waals surface area contributed by atoms with Gasteiger partial charge in [-0.25, -0.2) is 0 Å². The molecule has 170 valence electrons. The summed E-state index contributed by atoms with van der Waals surface area (Å²) in [5, 5.41) is 2.79. The van der Waals surface area contributed by atoms with Crippen LogP contribution in [-0.4, -0.2) is 79.6 Å². The average Bonchev–Trinajstić information content (AvgIpc) is 3.00. The summed E-state index contributed by atoms with van der Waals surface area (Å²) < 4.78 is 4.97. The first kappa shape index (κ1) is 23.1. The molecule has 0 unspecified atom stereocenters. The molecule has 8 heteroatoms. The maximum Gasteiger partial charge on any atom is 0.250 e. The first-order chi connectivity index (χ1) is 14.7. The Balaban J connectivity index is 1.79. The number of nitrogens with zero attached hydrogens (tertiary/aromatic N) is 3. The van der Waals surface area contributed by atoms with Crippen LogP contribution in [0.1, 0.15) is 33.6 Å². The second kappa shape index (κ2) is 9.26. The third-order valence-electron chi connectivity index (χ3n) is 6.06. The van der Waals surface area contributed by atoms with Crippen molar-refractivity contribution in [2.45, 2.75) is 39.2 Å². The van der Waals surface area contributed by atoms with Crippen LogP contribution in [-0.2, 0) is 19.1 Å². The SMILES string of the molecule is COCCNC(=O)CN1CN(c2ccccc2)C2(CCN(C(=O)C(C)(C)C)CC2)C1=O. The zero-order valence-corrected chi connectivity index (χ0v) is 19.0. The first-order valence-corrected chi connectivity index (χ1v) is 10.9. The van der Waals surface area contributed by atoms with Gasteiger partial charge in [-0.05, 0) is 25.0 Å². The van der Waals surface area contributed by atoms with E-state index < -0.39 is 11.0 Å². The Morgan fingerprint density at radius 3 is 2.35 bits per heavy atom. The van der Waals surface area contributed by atoms with E-state index in [1.165, 1.54) is 0 Å². The molecule has 0 radical (unpaired) electrons. The smallest absolute Gasteiger partial charge is 0.250 e. The van der Waals surface area contributed by atoms with Gasteiger partial charge in [-0.15, -0.1) is 0 Å². The van der Waals surface area contributed by atoms with Crippen LogP contribution in [0.25, 0.3) is 0 Å². The van der Waals surface area contributed by atoms with E-state index in [9.17, 15) is 14.4 Å². The highest BCUT2D eigenvalue weighted by Crippen LogP contribution is 2.40. The number of carbonyl (C=O) groups is 3. The number of likely N-dealkylation sites (tertiary alicyclic amines) is 1. The fraction of sp³-hybridized carbons (Fsp3) is 0.609. The number of nitrogens with one attached hydrogen (secondary N) is 1. The molecule has 31 heavy (non-hydrogen) atoms. The molecule has 1 aromatic carbocycles. The monoisotopic (exact) mass is 430 g/mol. The maximum atomic E-state index is 13.6. The van der Waals surface area contributed by atoms with E-state index in [2.05, 4.69) is 10.2 Å². The number of amides is 3. The normalized spacial score (nSPS) is 18.6. The Labute approximate surface area is 184 Å². The number of methoxy groups -OCH3 is 1. The lowest BCUT2D eigenvalue weighted by Gasteiger charge is -2.44. The Morgan fingerprint density at radius 1 is 1.13 bits per heavy atom. The summed E-state index contributed by atoms with van der Waals surface area (Å²) in [5.41, 5.74) is -0.230. The third kappa shape index (κ3) is 4.84. The van der Waals surface area contributed by atoms with Crippen LogP contribution in [0.5, 0.6) is 0 Å². The molecule has 1 N–H and O–H groups in total. The molecular formula is C23H34N4O4. The second-order valence-corrected chi connectivity index (χ2v) is 9.32. The summed E-state index contributed by atoms with van der Waals surface area (Å²) in [4.78, 5) is 44.3. The van der Waals surface area contributed by atoms with E-state index in [-0.39, 0.29) is 24.3 Å². The first-order valence-electron chi connectivity index (χ1n) is 10.9. The van der Waals surface area contributed by atoms with Crippen molar-refractivity contribution in [1.82, 2.24) is 15.1 Å². The van der Waals surface area contributed by atoms with Crippen molar-refractivity contribution in [3.8, 4) is 0 Å². The molecule has 0 aliphatic carbocycles. The summed E-state index contributed by atoms with van der Waals surface area (Å²) in [7, 11) is 1.58. The lowest BCUT2D eigenvalue weighted by Crippen LogP contribution is -2.58. The van der Waals surface area contributed by atoms with Crippen molar-refractivity contribution in [1.29, 1.82) is 0 Å². The minimum atomic E-state index is -0.733. The number of anilines is 1. The number of hydrogen-bond acceptors (Lipinski definition) is 5. The molecule has 2 aliphatic heterocycles. The van der Waals surface area contributed by atoms with E-state index in [1.54, 1.807) is 12.0 Å². The molecule has 8 nitrogen and oxygen atoms in total. The Morgan fingerprint density at radius 2 is 1.77 bits per heavy atom. The number of hydrogen-bond donors (Lipinski definition) is 1. The predicted molar refractivity (Wildman–Crippen MR) is 118 cm³/mol. The molecule has 0 aromatic heterocycles. The van der Waals surface area contributed by atoms with E-state index >= 15 is 0 Å². The van der Waals surface area contributed by atoms with Crippen molar-refractivity contribution in [3.63, 3.8) is 0 Å². The highest BCUT2D eigenvalue weighted by atomic mass is 16.5.